The molecule has 3 aromatic carbocycles. The molecule has 0 radical (unpaired) electrons. The molecule has 0 atom stereocenters. The average Bonchev–Trinajstić information content (AvgIpc) is 2.91. The quantitative estimate of drug-likeness (QED) is 0.168. The number of hydrogen-bond donors (Lipinski definition) is 1. The average molecular weight is 545 g/mol. The molecular formula is C29H27F3O7. The maximum absolute atomic E-state index is 12.5. The van der Waals surface area contributed by atoms with Gasteiger partial charge in [-0.15, -0.1) is 13.2 Å². The number of alkyl halides is 3. The molecule has 0 aliphatic carbocycles. The van der Waals surface area contributed by atoms with Gasteiger partial charge in [0.05, 0.1) is 28.4 Å². The van der Waals surface area contributed by atoms with Crippen molar-refractivity contribution in [2.24, 2.45) is 0 Å². The Hall–Kier alpha value is -4.60. The van der Waals surface area contributed by atoms with Crippen molar-refractivity contribution in [3.05, 3.63) is 82.9 Å². The lowest BCUT2D eigenvalue weighted by Crippen LogP contribution is -2.17. The molecule has 1 N–H and O–H groups in total. The summed E-state index contributed by atoms with van der Waals surface area (Å²) in [7, 11) is 5.97. The minimum Gasteiger partial charge on any atom is -0.504 e. The van der Waals surface area contributed by atoms with Crippen LogP contribution in [0, 0.1) is 0 Å². The van der Waals surface area contributed by atoms with Crippen LogP contribution in [0.3, 0.4) is 0 Å². The van der Waals surface area contributed by atoms with Crippen molar-refractivity contribution in [3.63, 3.8) is 0 Å². The first-order chi connectivity index (χ1) is 18.6. The van der Waals surface area contributed by atoms with E-state index in [9.17, 15) is 23.1 Å². The first-order valence-corrected chi connectivity index (χ1v) is 11.5. The third-order valence-corrected chi connectivity index (χ3v) is 5.56. The van der Waals surface area contributed by atoms with E-state index in [1.807, 2.05) is 0 Å². The van der Waals surface area contributed by atoms with Crippen molar-refractivity contribution in [3.8, 4) is 34.5 Å². The Kier molecular flexibility index (Phi) is 9.48. The normalized spacial score (nSPS) is 11.6. The van der Waals surface area contributed by atoms with Gasteiger partial charge in [0, 0.05) is 5.56 Å². The molecule has 10 heteroatoms. The number of carbonyl (C=O) groups excluding carboxylic acids is 1. The molecule has 0 saturated heterocycles. The first-order valence-electron chi connectivity index (χ1n) is 11.5. The van der Waals surface area contributed by atoms with Crippen LogP contribution < -0.4 is 23.7 Å². The standard InChI is InChI=1S/C29H27F3O7/c1-35-25-17-20(6-5-7-23(33)19-10-12-22(13-11-19)39-29(30,31)32)21(16-24(25)34)9-8-18-14-26(36-2)28(38-4)27(15-18)37-3/h5,7-17,34H,6H2,1-4H3/b7-5-,9-8-. The summed E-state index contributed by atoms with van der Waals surface area (Å²) < 4.78 is 62.2. The Bertz CT molecular complexity index is 1340. The van der Waals surface area contributed by atoms with Gasteiger partial charge >= 0.3 is 6.36 Å². The second-order valence-electron chi connectivity index (χ2n) is 8.06. The number of phenols is 1. The van der Waals surface area contributed by atoms with Crippen molar-refractivity contribution in [1.29, 1.82) is 0 Å². The Morgan fingerprint density at radius 3 is 2.00 bits per heavy atom. The summed E-state index contributed by atoms with van der Waals surface area (Å²) in [6, 6.07) is 11.4. The molecular weight excluding hydrogens is 517 g/mol. The molecule has 3 rings (SSSR count). The smallest absolute Gasteiger partial charge is 0.504 e. The molecule has 0 unspecified atom stereocenters. The van der Waals surface area contributed by atoms with Gasteiger partial charge in [0.2, 0.25) is 5.75 Å². The number of phenolic OH excluding ortho intramolecular Hbond substituents is 1. The predicted molar refractivity (Wildman–Crippen MR) is 140 cm³/mol. The monoisotopic (exact) mass is 544 g/mol. The van der Waals surface area contributed by atoms with E-state index in [-0.39, 0.29) is 17.1 Å². The van der Waals surface area contributed by atoms with Crippen molar-refractivity contribution in [2.45, 2.75) is 12.8 Å². The number of methoxy groups -OCH3 is 4. The summed E-state index contributed by atoms with van der Waals surface area (Å²) >= 11 is 0. The van der Waals surface area contributed by atoms with Gasteiger partial charge in [-0.25, -0.2) is 0 Å². The number of aromatic hydroxyl groups is 1. The van der Waals surface area contributed by atoms with Crippen molar-refractivity contribution < 1.29 is 46.8 Å². The van der Waals surface area contributed by atoms with E-state index in [1.54, 1.807) is 36.4 Å². The van der Waals surface area contributed by atoms with Crippen LogP contribution in [0.15, 0.2) is 60.7 Å². The van der Waals surface area contributed by atoms with Crippen LogP contribution in [0.5, 0.6) is 34.5 Å². The number of ether oxygens (including phenoxy) is 5. The summed E-state index contributed by atoms with van der Waals surface area (Å²) in [6.07, 6.45) is 2.01. The highest BCUT2D eigenvalue weighted by Gasteiger charge is 2.31. The maximum atomic E-state index is 12.5. The molecule has 7 nitrogen and oxygen atoms in total. The molecule has 0 aromatic heterocycles. The van der Waals surface area contributed by atoms with E-state index in [4.69, 9.17) is 18.9 Å². The van der Waals surface area contributed by atoms with E-state index < -0.39 is 17.9 Å². The highest BCUT2D eigenvalue weighted by Crippen LogP contribution is 2.39. The summed E-state index contributed by atoms with van der Waals surface area (Å²) in [5.74, 6) is 0.804. The zero-order valence-corrected chi connectivity index (χ0v) is 21.7. The molecule has 0 fully saturated rings. The van der Waals surface area contributed by atoms with Gasteiger partial charge in [0.1, 0.15) is 5.75 Å². The lowest BCUT2D eigenvalue weighted by atomic mass is 10.0. The SMILES string of the molecule is COc1cc(C/C=C\C(=O)c2ccc(OC(F)(F)F)cc2)c(/C=C\c2cc(OC)c(OC)c(OC)c2)cc1O. The topological polar surface area (TPSA) is 83.5 Å². The van der Waals surface area contributed by atoms with E-state index in [1.165, 1.54) is 52.7 Å². The maximum Gasteiger partial charge on any atom is 0.573 e. The fourth-order valence-electron chi connectivity index (χ4n) is 3.72. The lowest BCUT2D eigenvalue weighted by Gasteiger charge is -2.13. The van der Waals surface area contributed by atoms with Gasteiger partial charge in [-0.1, -0.05) is 18.2 Å². The van der Waals surface area contributed by atoms with E-state index in [0.29, 0.717) is 29.2 Å². The second kappa shape index (κ2) is 12.8. The zero-order valence-electron chi connectivity index (χ0n) is 21.7. The Morgan fingerprint density at radius 1 is 0.846 bits per heavy atom. The minimum absolute atomic E-state index is 0.0630. The molecule has 0 saturated carbocycles. The van der Waals surface area contributed by atoms with Crippen molar-refractivity contribution in [2.75, 3.05) is 28.4 Å². The minimum atomic E-state index is -4.81. The van der Waals surface area contributed by atoms with Crippen molar-refractivity contribution in [1.82, 2.24) is 0 Å². The number of allylic oxidation sites excluding steroid dienone is 2. The lowest BCUT2D eigenvalue weighted by molar-refractivity contribution is -0.274. The molecule has 39 heavy (non-hydrogen) atoms. The van der Waals surface area contributed by atoms with Crippen molar-refractivity contribution >= 4 is 17.9 Å². The predicted octanol–water partition coefficient (Wildman–Crippen LogP) is 6.48. The fraction of sp³-hybridized carbons (Fsp3) is 0.207. The molecule has 206 valence electrons. The number of benzene rings is 3. The Balaban J connectivity index is 1.84. The van der Waals surface area contributed by atoms with Gasteiger partial charge in [-0.05, 0) is 77.7 Å². The third-order valence-electron chi connectivity index (χ3n) is 5.56. The summed E-state index contributed by atoms with van der Waals surface area (Å²) in [5.41, 5.74) is 2.35. The molecule has 0 aliphatic heterocycles. The summed E-state index contributed by atoms with van der Waals surface area (Å²) in [4.78, 5) is 12.5. The van der Waals surface area contributed by atoms with Crippen LogP contribution in [0.1, 0.15) is 27.0 Å². The Morgan fingerprint density at radius 2 is 1.46 bits per heavy atom. The molecule has 0 amide bonds. The molecule has 0 spiro atoms. The summed E-state index contributed by atoms with van der Waals surface area (Å²) in [5, 5.41) is 10.3. The first kappa shape index (κ1) is 29.0. The highest BCUT2D eigenvalue weighted by molar-refractivity contribution is 6.04. The molecule has 0 heterocycles. The van der Waals surface area contributed by atoms with Crippen LogP contribution in [-0.4, -0.2) is 45.7 Å². The number of carbonyl (C=O) groups is 1. The largest absolute Gasteiger partial charge is 0.573 e. The number of ketones is 1. The van der Waals surface area contributed by atoms with Gasteiger partial charge in [-0.2, -0.15) is 0 Å². The molecule has 0 bridgehead atoms. The fourth-order valence-corrected chi connectivity index (χ4v) is 3.72. The van der Waals surface area contributed by atoms with Crippen LogP contribution >= 0.6 is 0 Å². The van der Waals surface area contributed by atoms with Crippen LogP contribution in [0.25, 0.3) is 12.2 Å². The van der Waals surface area contributed by atoms with Gasteiger partial charge in [0.15, 0.2) is 28.8 Å². The zero-order chi connectivity index (χ0) is 28.6. The van der Waals surface area contributed by atoms with Gasteiger partial charge in [0.25, 0.3) is 0 Å². The highest BCUT2D eigenvalue weighted by atomic mass is 19.4. The van der Waals surface area contributed by atoms with E-state index >= 15 is 0 Å². The molecule has 0 aliphatic rings. The van der Waals surface area contributed by atoms with Gasteiger partial charge in [-0.3, -0.25) is 4.79 Å². The van der Waals surface area contributed by atoms with Crippen LogP contribution in [0.2, 0.25) is 0 Å². The van der Waals surface area contributed by atoms with Crippen LogP contribution in [-0.2, 0) is 6.42 Å². The number of halogens is 3. The van der Waals surface area contributed by atoms with Crippen LogP contribution in [0.4, 0.5) is 13.2 Å². The Labute approximate surface area is 223 Å². The van der Waals surface area contributed by atoms with E-state index in [0.717, 1.165) is 23.3 Å². The summed E-state index contributed by atoms with van der Waals surface area (Å²) in [6.45, 7) is 0. The van der Waals surface area contributed by atoms with Gasteiger partial charge < -0.3 is 28.8 Å². The van der Waals surface area contributed by atoms with E-state index in [2.05, 4.69) is 4.74 Å². The molecule has 3 aromatic rings. The second-order valence-corrected chi connectivity index (χ2v) is 8.06. The number of hydrogen-bond acceptors (Lipinski definition) is 7. The number of rotatable bonds is 11. The third kappa shape index (κ3) is 7.70.